The Morgan fingerprint density at radius 1 is 1.15 bits per heavy atom. The molecule has 1 aliphatic rings. The molecule has 0 aromatic heterocycles. The fourth-order valence-corrected chi connectivity index (χ4v) is 2.87. The first-order valence-corrected chi connectivity index (χ1v) is 8.56. The Morgan fingerprint density at radius 3 is 2.62 bits per heavy atom. The van der Waals surface area contributed by atoms with E-state index in [1.54, 1.807) is 7.11 Å². The number of rotatable bonds is 7. The maximum atomic E-state index is 12.2. The highest BCUT2D eigenvalue weighted by atomic mass is 35.5. The Bertz CT molecular complexity index is 700. The molecule has 1 saturated heterocycles. The molecule has 2 aromatic rings. The first-order valence-electron chi connectivity index (χ1n) is 8.56. The van der Waals surface area contributed by atoms with Crippen LogP contribution in [0.3, 0.4) is 0 Å². The Balaban J connectivity index is 0.00000243. The number of carbonyl (C=O) groups is 1. The minimum absolute atomic E-state index is 0. The SMILES string of the molecule is COc1ccc(COCc2cccc(NC(=O)C3CCNC3)c2)cc1.Cl. The molecule has 1 unspecified atom stereocenters. The van der Waals surface area contributed by atoms with E-state index < -0.39 is 0 Å². The predicted molar refractivity (Wildman–Crippen MR) is 105 cm³/mol. The van der Waals surface area contributed by atoms with E-state index in [9.17, 15) is 4.79 Å². The fraction of sp³-hybridized carbons (Fsp3) is 0.350. The highest BCUT2D eigenvalue weighted by Crippen LogP contribution is 2.16. The van der Waals surface area contributed by atoms with Crippen molar-refractivity contribution >= 4 is 24.0 Å². The first-order chi connectivity index (χ1) is 12.2. The summed E-state index contributed by atoms with van der Waals surface area (Å²) in [5.74, 6) is 0.987. The van der Waals surface area contributed by atoms with Gasteiger partial charge in [-0.05, 0) is 48.4 Å². The van der Waals surface area contributed by atoms with Crippen LogP contribution in [0.2, 0.25) is 0 Å². The third kappa shape index (κ3) is 5.73. The average Bonchev–Trinajstić information content (AvgIpc) is 3.17. The number of methoxy groups -OCH3 is 1. The van der Waals surface area contributed by atoms with Gasteiger partial charge in [0.1, 0.15) is 5.75 Å². The van der Waals surface area contributed by atoms with Gasteiger partial charge in [-0.3, -0.25) is 4.79 Å². The summed E-state index contributed by atoms with van der Waals surface area (Å²) >= 11 is 0. The van der Waals surface area contributed by atoms with Crippen molar-refractivity contribution in [1.29, 1.82) is 0 Å². The summed E-state index contributed by atoms with van der Waals surface area (Å²) in [6.07, 6.45) is 0.899. The maximum absolute atomic E-state index is 12.2. The second-order valence-corrected chi connectivity index (χ2v) is 6.22. The molecule has 3 rings (SSSR count). The highest BCUT2D eigenvalue weighted by molar-refractivity contribution is 5.92. The zero-order valence-electron chi connectivity index (χ0n) is 14.9. The number of nitrogens with one attached hydrogen (secondary N) is 2. The molecular formula is C20H25ClN2O3. The monoisotopic (exact) mass is 376 g/mol. The molecule has 0 radical (unpaired) electrons. The summed E-state index contributed by atoms with van der Waals surface area (Å²) in [7, 11) is 1.65. The Labute approximate surface area is 160 Å². The first kappa shape index (κ1) is 20.2. The van der Waals surface area contributed by atoms with Gasteiger partial charge in [-0.1, -0.05) is 24.3 Å². The predicted octanol–water partition coefficient (Wildman–Crippen LogP) is 3.38. The van der Waals surface area contributed by atoms with E-state index in [0.29, 0.717) is 13.2 Å². The van der Waals surface area contributed by atoms with Crippen LogP contribution in [0.1, 0.15) is 17.5 Å². The molecule has 0 aliphatic carbocycles. The molecule has 5 nitrogen and oxygen atoms in total. The van der Waals surface area contributed by atoms with E-state index in [1.165, 1.54) is 0 Å². The molecule has 1 fully saturated rings. The van der Waals surface area contributed by atoms with Crippen molar-refractivity contribution in [3.63, 3.8) is 0 Å². The smallest absolute Gasteiger partial charge is 0.228 e. The minimum Gasteiger partial charge on any atom is -0.497 e. The van der Waals surface area contributed by atoms with Crippen LogP contribution in [-0.4, -0.2) is 26.1 Å². The number of carbonyl (C=O) groups excluding carboxylic acids is 1. The Morgan fingerprint density at radius 2 is 1.92 bits per heavy atom. The lowest BCUT2D eigenvalue weighted by Gasteiger charge is -2.11. The van der Waals surface area contributed by atoms with Gasteiger partial charge in [0.25, 0.3) is 0 Å². The molecule has 0 bridgehead atoms. The molecule has 140 valence electrons. The summed E-state index contributed by atoms with van der Waals surface area (Å²) in [6.45, 7) is 2.71. The van der Waals surface area contributed by atoms with E-state index in [0.717, 1.165) is 42.1 Å². The van der Waals surface area contributed by atoms with Crippen LogP contribution in [0.15, 0.2) is 48.5 Å². The zero-order chi connectivity index (χ0) is 17.5. The number of benzene rings is 2. The van der Waals surface area contributed by atoms with Crippen LogP contribution in [0.5, 0.6) is 5.75 Å². The molecule has 1 aliphatic heterocycles. The van der Waals surface area contributed by atoms with Gasteiger partial charge in [-0.15, -0.1) is 12.4 Å². The molecule has 6 heteroatoms. The van der Waals surface area contributed by atoms with Crippen molar-refractivity contribution in [2.45, 2.75) is 19.6 Å². The van der Waals surface area contributed by atoms with Gasteiger partial charge in [0, 0.05) is 12.2 Å². The van der Waals surface area contributed by atoms with Gasteiger partial charge in [-0.2, -0.15) is 0 Å². The lowest BCUT2D eigenvalue weighted by atomic mass is 10.1. The van der Waals surface area contributed by atoms with E-state index in [4.69, 9.17) is 9.47 Å². The van der Waals surface area contributed by atoms with Gasteiger partial charge >= 0.3 is 0 Å². The molecule has 0 saturated carbocycles. The Kier molecular flexibility index (Phi) is 7.91. The van der Waals surface area contributed by atoms with E-state index >= 15 is 0 Å². The summed E-state index contributed by atoms with van der Waals surface area (Å²) in [4.78, 5) is 12.2. The van der Waals surface area contributed by atoms with Crippen LogP contribution in [0.4, 0.5) is 5.69 Å². The molecule has 1 heterocycles. The van der Waals surface area contributed by atoms with E-state index in [1.807, 2.05) is 48.5 Å². The van der Waals surface area contributed by atoms with Crippen LogP contribution in [0, 0.1) is 5.92 Å². The number of ether oxygens (including phenoxy) is 2. The molecule has 1 atom stereocenters. The second-order valence-electron chi connectivity index (χ2n) is 6.22. The normalized spacial score (nSPS) is 16.0. The summed E-state index contributed by atoms with van der Waals surface area (Å²) < 4.78 is 10.9. The van der Waals surface area contributed by atoms with E-state index in [2.05, 4.69) is 10.6 Å². The quantitative estimate of drug-likeness (QED) is 0.777. The van der Waals surface area contributed by atoms with E-state index in [-0.39, 0.29) is 24.2 Å². The summed E-state index contributed by atoms with van der Waals surface area (Å²) in [6, 6.07) is 15.6. The van der Waals surface area contributed by atoms with Gasteiger partial charge in [0.2, 0.25) is 5.91 Å². The number of anilines is 1. The zero-order valence-corrected chi connectivity index (χ0v) is 15.7. The lowest BCUT2D eigenvalue weighted by Crippen LogP contribution is -2.24. The van der Waals surface area contributed by atoms with Crippen molar-refractivity contribution in [2.24, 2.45) is 5.92 Å². The third-order valence-corrected chi connectivity index (χ3v) is 4.32. The molecule has 2 N–H and O–H groups in total. The Hall–Kier alpha value is -2.08. The number of hydrogen-bond donors (Lipinski definition) is 2. The number of amides is 1. The minimum atomic E-state index is 0. The van der Waals surface area contributed by atoms with Crippen molar-refractivity contribution < 1.29 is 14.3 Å². The number of hydrogen-bond acceptors (Lipinski definition) is 4. The van der Waals surface area contributed by atoms with Crippen molar-refractivity contribution in [3.05, 3.63) is 59.7 Å². The third-order valence-electron chi connectivity index (χ3n) is 4.32. The standard InChI is InChI=1S/C20H24N2O3.ClH/c1-24-19-7-5-15(6-8-19)13-25-14-16-3-2-4-18(11-16)22-20(23)17-9-10-21-12-17;/h2-8,11,17,21H,9-10,12-14H2,1H3,(H,22,23);1H. The van der Waals surface area contributed by atoms with Gasteiger partial charge in [0.15, 0.2) is 0 Å². The van der Waals surface area contributed by atoms with Gasteiger partial charge < -0.3 is 20.1 Å². The van der Waals surface area contributed by atoms with Crippen LogP contribution >= 0.6 is 12.4 Å². The fourth-order valence-electron chi connectivity index (χ4n) is 2.87. The second kappa shape index (κ2) is 10.2. The summed E-state index contributed by atoms with van der Waals surface area (Å²) in [5, 5.41) is 6.21. The molecule has 1 amide bonds. The molecule has 26 heavy (non-hydrogen) atoms. The van der Waals surface area contributed by atoms with Crippen LogP contribution < -0.4 is 15.4 Å². The highest BCUT2D eigenvalue weighted by Gasteiger charge is 2.22. The van der Waals surface area contributed by atoms with Crippen molar-refractivity contribution in [2.75, 3.05) is 25.5 Å². The average molecular weight is 377 g/mol. The van der Waals surface area contributed by atoms with Crippen molar-refractivity contribution in [1.82, 2.24) is 5.32 Å². The maximum Gasteiger partial charge on any atom is 0.228 e. The van der Waals surface area contributed by atoms with Crippen molar-refractivity contribution in [3.8, 4) is 5.75 Å². The van der Waals surface area contributed by atoms with Crippen LogP contribution in [0.25, 0.3) is 0 Å². The topological polar surface area (TPSA) is 59.6 Å². The van der Waals surface area contributed by atoms with Gasteiger partial charge in [-0.25, -0.2) is 0 Å². The van der Waals surface area contributed by atoms with Crippen LogP contribution in [-0.2, 0) is 22.7 Å². The molecular weight excluding hydrogens is 352 g/mol. The number of halogens is 1. The summed E-state index contributed by atoms with van der Waals surface area (Å²) in [5.41, 5.74) is 2.96. The lowest BCUT2D eigenvalue weighted by molar-refractivity contribution is -0.119. The molecule has 2 aromatic carbocycles. The molecule has 0 spiro atoms. The largest absolute Gasteiger partial charge is 0.497 e. The van der Waals surface area contributed by atoms with Gasteiger partial charge in [0.05, 0.1) is 26.2 Å².